The van der Waals surface area contributed by atoms with E-state index in [4.69, 9.17) is 10.9 Å². The van der Waals surface area contributed by atoms with Crippen molar-refractivity contribution in [2.75, 3.05) is 6.61 Å². The highest BCUT2D eigenvalue weighted by Gasteiger charge is 2.06. The average Bonchev–Trinajstić information content (AvgIpc) is 1.68. The number of hydrazine groups is 1. The summed E-state index contributed by atoms with van der Waals surface area (Å²) in [6.45, 7) is 2.21. The lowest BCUT2D eigenvalue weighted by atomic mass is 10.2. The lowest BCUT2D eigenvalue weighted by molar-refractivity contribution is 0.264. The van der Waals surface area contributed by atoms with E-state index in [1.165, 1.54) is 0 Å². The third-order valence-electron chi connectivity index (χ3n) is 0.467. The second kappa shape index (κ2) is 4.07. The van der Waals surface area contributed by atoms with Crippen LogP contribution in [0.5, 0.6) is 0 Å². The van der Waals surface area contributed by atoms with Crippen molar-refractivity contribution in [3.8, 4) is 0 Å². The summed E-state index contributed by atoms with van der Waals surface area (Å²) in [7, 11) is -1.02. The van der Waals surface area contributed by atoms with E-state index < -0.39 is 7.25 Å². The summed E-state index contributed by atoms with van der Waals surface area (Å²) in [5.41, 5.74) is 0. The third-order valence-corrected chi connectivity index (χ3v) is 0.467. The van der Waals surface area contributed by atoms with Crippen molar-refractivity contribution in [3.05, 3.63) is 0 Å². The largest absolute Gasteiger partial charge is 0.566 e. The molecule has 0 aliphatic carbocycles. The van der Waals surface area contributed by atoms with Crippen LogP contribution in [0.4, 0.5) is 0 Å². The zero-order valence-corrected chi connectivity index (χ0v) is 4.22. The summed E-state index contributed by atoms with van der Waals surface area (Å²) in [5.74, 6) is 4.73. The van der Waals surface area contributed by atoms with Crippen molar-refractivity contribution in [2.24, 2.45) is 5.84 Å². The monoisotopic (exact) mass is 104 g/mol. The first-order valence-corrected chi connectivity index (χ1v) is 2.07. The molecule has 0 bridgehead atoms. The van der Waals surface area contributed by atoms with Gasteiger partial charge in [-0.3, -0.25) is 5.84 Å². The summed E-state index contributed by atoms with van der Waals surface area (Å²) in [5, 5.41) is 10.4. The number of rotatable bonds is 3. The zero-order valence-electron chi connectivity index (χ0n) is 4.22. The molecular weight excluding hydrogens is 94.8 g/mol. The predicted molar refractivity (Wildman–Crippen MR) is 26.9 cm³/mol. The fourth-order valence-electron chi connectivity index (χ4n) is 0.206. The fourth-order valence-corrected chi connectivity index (χ4v) is 0.206. The Kier molecular flexibility index (Phi) is 4.02. The van der Waals surface area contributed by atoms with Crippen LogP contribution in [0.15, 0.2) is 0 Å². The molecule has 0 spiro atoms. The molecule has 0 heterocycles. The van der Waals surface area contributed by atoms with Crippen LogP contribution < -0.4 is 11.2 Å². The number of nitrogens with one attached hydrogen (secondary N) is 1. The molecule has 0 unspecified atom stereocenters. The first-order chi connectivity index (χ1) is 3.31. The highest BCUT2D eigenvalue weighted by molar-refractivity contribution is 6.39. The summed E-state index contributed by atoms with van der Waals surface area (Å²) in [4.78, 5) is 0. The maximum Gasteiger partial charge on any atom is 0.566 e. The van der Waals surface area contributed by atoms with Gasteiger partial charge in [-0.15, -0.1) is 0 Å². The Labute approximate surface area is 42.8 Å². The van der Waals surface area contributed by atoms with Crippen molar-refractivity contribution >= 4 is 7.25 Å². The maximum absolute atomic E-state index is 8.40. The van der Waals surface area contributed by atoms with Crippen LogP contribution in [-0.4, -0.2) is 18.9 Å². The molecule has 0 aromatic rings. The van der Waals surface area contributed by atoms with Gasteiger partial charge in [0.05, 0.1) is 0 Å². The normalized spacial score (nSPS) is 9.00. The molecular formula is C2H9BN2O2. The summed E-state index contributed by atoms with van der Waals surface area (Å²) >= 11 is 0. The van der Waals surface area contributed by atoms with Gasteiger partial charge in [0, 0.05) is 6.61 Å². The Bertz CT molecular complexity index is 44.7. The molecule has 0 radical (unpaired) electrons. The molecule has 0 aromatic heterocycles. The predicted octanol–water partition coefficient (Wildman–Crippen LogP) is -1.54. The SMILES string of the molecule is CCOB(O)NN. The smallest absolute Gasteiger partial charge is 0.412 e. The summed E-state index contributed by atoms with van der Waals surface area (Å²) in [6, 6.07) is 0. The molecule has 0 rings (SSSR count). The minimum absolute atomic E-state index is 0.450. The molecule has 4 nitrogen and oxygen atoms in total. The van der Waals surface area contributed by atoms with Crippen LogP contribution >= 0.6 is 0 Å². The van der Waals surface area contributed by atoms with Gasteiger partial charge in [0.15, 0.2) is 0 Å². The van der Waals surface area contributed by atoms with E-state index in [1.807, 2.05) is 5.34 Å². The van der Waals surface area contributed by atoms with Gasteiger partial charge >= 0.3 is 7.25 Å². The van der Waals surface area contributed by atoms with Crippen LogP contribution in [0, 0.1) is 0 Å². The van der Waals surface area contributed by atoms with Crippen LogP contribution in [0.25, 0.3) is 0 Å². The highest BCUT2D eigenvalue weighted by atomic mass is 16.5. The Morgan fingerprint density at radius 3 is 2.71 bits per heavy atom. The minimum Gasteiger partial charge on any atom is -0.412 e. The fraction of sp³-hybridized carbons (Fsp3) is 1.00. The van der Waals surface area contributed by atoms with Gasteiger partial charge in [0.2, 0.25) is 0 Å². The minimum atomic E-state index is -1.02. The van der Waals surface area contributed by atoms with E-state index in [0.29, 0.717) is 6.61 Å². The molecule has 0 saturated carbocycles. The molecule has 0 saturated heterocycles. The average molecular weight is 104 g/mol. The Morgan fingerprint density at radius 2 is 2.57 bits per heavy atom. The van der Waals surface area contributed by atoms with Crippen molar-refractivity contribution in [3.63, 3.8) is 0 Å². The molecule has 5 heteroatoms. The molecule has 4 N–H and O–H groups in total. The van der Waals surface area contributed by atoms with Gasteiger partial charge in [-0.05, 0) is 6.92 Å². The lowest BCUT2D eigenvalue weighted by Crippen LogP contribution is -2.42. The van der Waals surface area contributed by atoms with Crippen LogP contribution in [-0.2, 0) is 4.65 Å². The zero-order chi connectivity index (χ0) is 5.70. The topological polar surface area (TPSA) is 67.5 Å². The molecule has 0 aliphatic heterocycles. The molecule has 0 aromatic carbocycles. The van der Waals surface area contributed by atoms with Gasteiger partial charge in [-0.25, -0.2) is 5.34 Å². The molecule has 7 heavy (non-hydrogen) atoms. The van der Waals surface area contributed by atoms with E-state index in [1.54, 1.807) is 6.92 Å². The van der Waals surface area contributed by atoms with Crippen molar-refractivity contribution in [2.45, 2.75) is 6.92 Å². The standard InChI is InChI=1S/C2H9BN2O2/c1-2-7-3(6)5-4/h5-6H,2,4H2,1H3. The van der Waals surface area contributed by atoms with Gasteiger partial charge in [-0.2, -0.15) is 0 Å². The molecule has 0 fully saturated rings. The number of hydrogen-bond acceptors (Lipinski definition) is 4. The van der Waals surface area contributed by atoms with E-state index >= 15 is 0 Å². The lowest BCUT2D eigenvalue weighted by Gasteiger charge is -1.99. The third kappa shape index (κ3) is 3.74. The Morgan fingerprint density at radius 1 is 2.00 bits per heavy atom. The first kappa shape index (κ1) is 6.90. The van der Waals surface area contributed by atoms with E-state index in [9.17, 15) is 0 Å². The van der Waals surface area contributed by atoms with Gasteiger partial charge in [0.1, 0.15) is 0 Å². The van der Waals surface area contributed by atoms with Crippen LogP contribution in [0.3, 0.4) is 0 Å². The second-order valence-electron chi connectivity index (χ2n) is 0.974. The summed E-state index contributed by atoms with van der Waals surface area (Å²) < 4.78 is 4.51. The maximum atomic E-state index is 8.40. The number of nitrogens with two attached hydrogens (primary N) is 1. The van der Waals surface area contributed by atoms with E-state index in [-0.39, 0.29) is 0 Å². The van der Waals surface area contributed by atoms with Crippen LogP contribution in [0.1, 0.15) is 6.92 Å². The molecule has 0 atom stereocenters. The number of hydrogen-bond donors (Lipinski definition) is 3. The van der Waals surface area contributed by atoms with Crippen LogP contribution in [0.2, 0.25) is 0 Å². The van der Waals surface area contributed by atoms with E-state index in [2.05, 4.69) is 4.65 Å². The van der Waals surface area contributed by atoms with Crippen molar-refractivity contribution in [1.29, 1.82) is 0 Å². The highest BCUT2D eigenvalue weighted by Crippen LogP contribution is 1.69. The second-order valence-corrected chi connectivity index (χ2v) is 0.974. The molecule has 42 valence electrons. The Hall–Kier alpha value is -0.0951. The van der Waals surface area contributed by atoms with Gasteiger partial charge < -0.3 is 9.68 Å². The van der Waals surface area contributed by atoms with Gasteiger partial charge in [0.25, 0.3) is 0 Å². The molecule has 0 amide bonds. The Balaban J connectivity index is 2.83. The van der Waals surface area contributed by atoms with Crippen molar-refractivity contribution < 1.29 is 9.68 Å². The molecule has 0 aliphatic rings. The summed E-state index contributed by atoms with van der Waals surface area (Å²) in [6.07, 6.45) is 0. The quantitative estimate of drug-likeness (QED) is 0.230. The first-order valence-electron chi connectivity index (χ1n) is 2.07. The van der Waals surface area contributed by atoms with Crippen molar-refractivity contribution in [1.82, 2.24) is 5.34 Å². The van der Waals surface area contributed by atoms with Gasteiger partial charge in [-0.1, -0.05) is 0 Å². The van der Waals surface area contributed by atoms with E-state index in [0.717, 1.165) is 0 Å².